The van der Waals surface area contributed by atoms with Gasteiger partial charge in [0.1, 0.15) is 12.4 Å². The summed E-state index contributed by atoms with van der Waals surface area (Å²) < 4.78 is 18.5. The number of carbonyl (C=O) groups is 1. The fraction of sp³-hybridized carbons (Fsp3) is 0.400. The summed E-state index contributed by atoms with van der Waals surface area (Å²) >= 11 is 0. The molecule has 0 amide bonds. The van der Waals surface area contributed by atoms with Crippen molar-refractivity contribution in [2.24, 2.45) is 0 Å². The van der Waals surface area contributed by atoms with E-state index in [9.17, 15) is 14.0 Å². The Morgan fingerprint density at radius 1 is 1.53 bits per heavy atom. The first-order valence-corrected chi connectivity index (χ1v) is 4.65. The minimum absolute atomic E-state index is 0.253. The van der Waals surface area contributed by atoms with Gasteiger partial charge in [-0.15, -0.1) is 0 Å². The second-order valence-electron chi connectivity index (χ2n) is 3.03. The van der Waals surface area contributed by atoms with Gasteiger partial charge in [-0.05, 0) is 12.5 Å². The number of halogens is 1. The lowest BCUT2D eigenvalue weighted by molar-refractivity contribution is -0.144. The average molecular weight is 213 g/mol. The Balaban J connectivity index is 2.68. The summed E-state index contributed by atoms with van der Waals surface area (Å²) in [7, 11) is 0. The number of ether oxygens (including phenoxy) is 1. The highest BCUT2D eigenvalue weighted by atomic mass is 19.1. The van der Waals surface area contributed by atoms with Crippen LogP contribution in [0.2, 0.25) is 0 Å². The molecular weight excluding hydrogens is 201 g/mol. The Kier molecular flexibility index (Phi) is 4.03. The fourth-order valence-corrected chi connectivity index (χ4v) is 1.03. The van der Waals surface area contributed by atoms with Crippen LogP contribution in [-0.4, -0.2) is 17.1 Å². The molecule has 0 aromatic carbocycles. The maximum atomic E-state index is 12.7. The first-order chi connectivity index (χ1) is 7.13. The quantitative estimate of drug-likeness (QED) is 0.699. The molecule has 4 nitrogen and oxygen atoms in total. The van der Waals surface area contributed by atoms with Gasteiger partial charge >= 0.3 is 5.97 Å². The molecule has 1 aromatic heterocycles. The molecule has 0 unspecified atom stereocenters. The summed E-state index contributed by atoms with van der Waals surface area (Å²) in [5.41, 5.74) is -0.426. The highest BCUT2D eigenvalue weighted by Gasteiger charge is 2.05. The Bertz CT molecular complexity index is 400. The molecule has 0 saturated carbocycles. The minimum Gasteiger partial charge on any atom is -0.464 e. The predicted molar refractivity (Wildman–Crippen MR) is 51.9 cm³/mol. The summed E-state index contributed by atoms with van der Waals surface area (Å²) in [5.74, 6) is -1.09. The number of nitrogens with zero attached hydrogens (tertiary/aromatic N) is 1. The van der Waals surface area contributed by atoms with Gasteiger partial charge in [0.25, 0.3) is 5.56 Å². The SMILES string of the molecule is CCCOC(=O)Cn1cc(F)ccc1=O. The minimum atomic E-state index is -0.558. The fourth-order valence-electron chi connectivity index (χ4n) is 1.03. The van der Waals surface area contributed by atoms with E-state index in [0.717, 1.165) is 22.9 Å². The van der Waals surface area contributed by atoms with Crippen LogP contribution < -0.4 is 5.56 Å². The van der Waals surface area contributed by atoms with Crippen molar-refractivity contribution in [1.29, 1.82) is 0 Å². The van der Waals surface area contributed by atoms with Crippen molar-refractivity contribution in [2.45, 2.75) is 19.9 Å². The van der Waals surface area contributed by atoms with Crippen molar-refractivity contribution in [3.8, 4) is 0 Å². The Morgan fingerprint density at radius 2 is 2.27 bits per heavy atom. The van der Waals surface area contributed by atoms with Crippen molar-refractivity contribution < 1.29 is 13.9 Å². The molecule has 0 aliphatic rings. The molecule has 0 fully saturated rings. The lowest BCUT2D eigenvalue weighted by Gasteiger charge is -2.05. The van der Waals surface area contributed by atoms with Gasteiger partial charge in [-0.2, -0.15) is 0 Å². The molecule has 0 aliphatic carbocycles. The van der Waals surface area contributed by atoms with Gasteiger partial charge in [0.15, 0.2) is 0 Å². The zero-order chi connectivity index (χ0) is 11.3. The molecule has 1 aromatic rings. The van der Waals surface area contributed by atoms with E-state index in [2.05, 4.69) is 0 Å². The molecule has 0 aliphatic heterocycles. The molecule has 0 N–H and O–H groups in total. The number of rotatable bonds is 4. The van der Waals surface area contributed by atoms with Gasteiger partial charge in [-0.1, -0.05) is 6.92 Å². The highest BCUT2D eigenvalue weighted by molar-refractivity contribution is 5.69. The normalized spacial score (nSPS) is 10.0. The predicted octanol–water partition coefficient (Wildman–Crippen LogP) is 0.941. The first kappa shape index (κ1) is 11.4. The molecule has 0 radical (unpaired) electrons. The summed E-state index contributed by atoms with van der Waals surface area (Å²) in [6.07, 6.45) is 1.69. The van der Waals surface area contributed by atoms with Crippen LogP contribution in [0, 0.1) is 5.82 Å². The molecule has 5 heteroatoms. The summed E-state index contributed by atoms with van der Waals surface area (Å²) in [4.78, 5) is 22.3. The lowest BCUT2D eigenvalue weighted by Crippen LogP contribution is -2.24. The summed E-state index contributed by atoms with van der Waals surface area (Å²) in [6.45, 7) is 1.92. The number of aromatic nitrogens is 1. The van der Waals surface area contributed by atoms with E-state index >= 15 is 0 Å². The first-order valence-electron chi connectivity index (χ1n) is 4.65. The van der Waals surface area contributed by atoms with Gasteiger partial charge in [-0.25, -0.2) is 4.39 Å². The third kappa shape index (κ3) is 3.53. The summed E-state index contributed by atoms with van der Waals surface area (Å²) in [6, 6.07) is 2.12. The van der Waals surface area contributed by atoms with Gasteiger partial charge in [0.05, 0.1) is 6.61 Å². The third-order valence-electron chi connectivity index (χ3n) is 1.71. The zero-order valence-corrected chi connectivity index (χ0v) is 8.40. The van der Waals surface area contributed by atoms with E-state index in [1.165, 1.54) is 0 Å². The number of hydrogen-bond donors (Lipinski definition) is 0. The molecule has 0 spiro atoms. The Hall–Kier alpha value is -1.65. The van der Waals surface area contributed by atoms with Crippen molar-refractivity contribution in [3.63, 3.8) is 0 Å². The monoisotopic (exact) mass is 213 g/mol. The van der Waals surface area contributed by atoms with Gasteiger partial charge in [0, 0.05) is 12.3 Å². The standard InChI is InChI=1S/C10H12FNO3/c1-2-5-15-10(14)7-12-6-8(11)3-4-9(12)13/h3-4,6H,2,5,7H2,1H3. The molecule has 82 valence electrons. The molecule has 0 bridgehead atoms. The average Bonchev–Trinajstić information content (AvgIpc) is 2.20. The van der Waals surface area contributed by atoms with Crippen molar-refractivity contribution in [3.05, 3.63) is 34.5 Å². The molecule has 15 heavy (non-hydrogen) atoms. The van der Waals surface area contributed by atoms with E-state index in [1.807, 2.05) is 6.92 Å². The van der Waals surface area contributed by atoms with Crippen LogP contribution in [0.4, 0.5) is 4.39 Å². The summed E-state index contributed by atoms with van der Waals surface area (Å²) in [5, 5.41) is 0. The second-order valence-corrected chi connectivity index (χ2v) is 3.03. The maximum Gasteiger partial charge on any atom is 0.326 e. The second kappa shape index (κ2) is 5.29. The van der Waals surface area contributed by atoms with E-state index in [-0.39, 0.29) is 6.54 Å². The van der Waals surface area contributed by atoms with Crippen LogP contribution in [0.3, 0.4) is 0 Å². The maximum absolute atomic E-state index is 12.7. The number of hydrogen-bond acceptors (Lipinski definition) is 3. The number of pyridine rings is 1. The number of carbonyl (C=O) groups excluding carboxylic acids is 1. The van der Waals surface area contributed by atoms with Crippen LogP contribution in [0.5, 0.6) is 0 Å². The highest BCUT2D eigenvalue weighted by Crippen LogP contribution is 1.93. The topological polar surface area (TPSA) is 48.3 Å². The van der Waals surface area contributed by atoms with Crippen LogP contribution in [-0.2, 0) is 16.1 Å². The molecule has 0 saturated heterocycles. The van der Waals surface area contributed by atoms with Crippen LogP contribution in [0.25, 0.3) is 0 Å². The third-order valence-corrected chi connectivity index (χ3v) is 1.71. The van der Waals surface area contributed by atoms with Crippen LogP contribution >= 0.6 is 0 Å². The zero-order valence-electron chi connectivity index (χ0n) is 8.40. The molecular formula is C10H12FNO3. The Labute approximate surface area is 86.3 Å². The molecule has 1 rings (SSSR count). The van der Waals surface area contributed by atoms with E-state index in [1.54, 1.807) is 0 Å². The van der Waals surface area contributed by atoms with Crippen molar-refractivity contribution >= 4 is 5.97 Å². The van der Waals surface area contributed by atoms with Crippen LogP contribution in [0.15, 0.2) is 23.1 Å². The number of esters is 1. The van der Waals surface area contributed by atoms with Crippen molar-refractivity contribution in [1.82, 2.24) is 4.57 Å². The van der Waals surface area contributed by atoms with Gasteiger partial charge in [-0.3, -0.25) is 9.59 Å². The van der Waals surface area contributed by atoms with Crippen LogP contribution in [0.1, 0.15) is 13.3 Å². The lowest BCUT2D eigenvalue weighted by atomic mass is 10.4. The van der Waals surface area contributed by atoms with Crippen molar-refractivity contribution in [2.75, 3.05) is 6.61 Å². The Morgan fingerprint density at radius 3 is 2.93 bits per heavy atom. The van der Waals surface area contributed by atoms with E-state index < -0.39 is 17.3 Å². The van der Waals surface area contributed by atoms with Gasteiger partial charge < -0.3 is 9.30 Å². The molecule has 0 atom stereocenters. The van der Waals surface area contributed by atoms with E-state index in [0.29, 0.717) is 13.0 Å². The molecule has 1 heterocycles. The smallest absolute Gasteiger partial charge is 0.326 e. The largest absolute Gasteiger partial charge is 0.464 e. The van der Waals surface area contributed by atoms with E-state index in [4.69, 9.17) is 4.74 Å². The van der Waals surface area contributed by atoms with Gasteiger partial charge in [0.2, 0.25) is 0 Å².